The first kappa shape index (κ1) is 13.2. The molecule has 0 aliphatic heterocycles. The number of anilines is 1. The highest BCUT2D eigenvalue weighted by Crippen LogP contribution is 2.14. The maximum absolute atomic E-state index is 11.5. The van der Waals surface area contributed by atoms with Gasteiger partial charge in [-0.3, -0.25) is 9.59 Å². The first-order valence-electron chi connectivity index (χ1n) is 5.39. The summed E-state index contributed by atoms with van der Waals surface area (Å²) in [4.78, 5) is 22.6. The molecule has 0 aliphatic rings. The Morgan fingerprint density at radius 3 is 2.65 bits per heavy atom. The lowest BCUT2D eigenvalue weighted by Gasteiger charge is -2.08. The van der Waals surface area contributed by atoms with Crippen molar-refractivity contribution in [3.05, 3.63) is 29.3 Å². The van der Waals surface area contributed by atoms with Crippen molar-refractivity contribution >= 4 is 17.5 Å². The van der Waals surface area contributed by atoms with Crippen LogP contribution in [0.1, 0.15) is 22.3 Å². The van der Waals surface area contributed by atoms with Gasteiger partial charge >= 0.3 is 0 Å². The summed E-state index contributed by atoms with van der Waals surface area (Å²) in [6, 6.07) is 5.10. The topological polar surface area (TPSA) is 84.2 Å². The molecule has 1 rings (SSSR count). The van der Waals surface area contributed by atoms with E-state index in [0.29, 0.717) is 24.2 Å². The molecule has 0 aliphatic carbocycles. The molecule has 5 heteroatoms. The Hall–Kier alpha value is -1.88. The summed E-state index contributed by atoms with van der Waals surface area (Å²) in [5.41, 5.74) is 7.05. The monoisotopic (exact) mass is 235 g/mol. The van der Waals surface area contributed by atoms with E-state index in [0.717, 1.165) is 5.56 Å². The van der Waals surface area contributed by atoms with Crippen LogP contribution in [0.15, 0.2) is 18.2 Å². The summed E-state index contributed by atoms with van der Waals surface area (Å²) in [5.74, 6) is -0.590. The maximum atomic E-state index is 11.5. The molecule has 1 aromatic rings. The van der Waals surface area contributed by atoms with Gasteiger partial charge in [0.2, 0.25) is 11.8 Å². The van der Waals surface area contributed by atoms with Crippen LogP contribution in [0.4, 0.5) is 5.69 Å². The van der Waals surface area contributed by atoms with E-state index < -0.39 is 5.91 Å². The van der Waals surface area contributed by atoms with E-state index >= 15 is 0 Å². The van der Waals surface area contributed by atoms with Crippen LogP contribution in [0.2, 0.25) is 0 Å². The smallest absolute Gasteiger partial charge is 0.249 e. The van der Waals surface area contributed by atoms with Crippen LogP contribution in [0.25, 0.3) is 0 Å². The Balaban J connectivity index is 2.75. The normalized spacial score (nSPS) is 10.0. The SMILES string of the molecule is CNCCC(=O)Nc1ccc(C)c(C(N)=O)c1. The third kappa shape index (κ3) is 3.88. The van der Waals surface area contributed by atoms with Crippen molar-refractivity contribution in [1.29, 1.82) is 0 Å². The van der Waals surface area contributed by atoms with Crippen LogP contribution < -0.4 is 16.4 Å². The van der Waals surface area contributed by atoms with Crippen molar-refractivity contribution < 1.29 is 9.59 Å². The fraction of sp³-hybridized carbons (Fsp3) is 0.333. The van der Waals surface area contributed by atoms with Gasteiger partial charge in [-0.15, -0.1) is 0 Å². The number of nitrogens with two attached hydrogens (primary N) is 1. The molecule has 92 valence electrons. The highest BCUT2D eigenvalue weighted by atomic mass is 16.2. The molecule has 17 heavy (non-hydrogen) atoms. The summed E-state index contributed by atoms with van der Waals surface area (Å²) >= 11 is 0. The molecule has 0 bridgehead atoms. The highest BCUT2D eigenvalue weighted by Gasteiger charge is 2.07. The zero-order chi connectivity index (χ0) is 12.8. The average Bonchev–Trinajstić information content (AvgIpc) is 2.28. The quantitative estimate of drug-likeness (QED) is 0.700. The molecule has 0 unspecified atom stereocenters. The van der Waals surface area contributed by atoms with Gasteiger partial charge in [-0.2, -0.15) is 0 Å². The predicted octanol–water partition coefficient (Wildman–Crippen LogP) is 0.642. The van der Waals surface area contributed by atoms with Gasteiger partial charge in [0, 0.05) is 24.2 Å². The summed E-state index contributed by atoms with van der Waals surface area (Å²) in [6.07, 6.45) is 0.385. The van der Waals surface area contributed by atoms with Crippen LogP contribution in [0, 0.1) is 6.92 Å². The third-order valence-electron chi connectivity index (χ3n) is 2.39. The van der Waals surface area contributed by atoms with E-state index in [2.05, 4.69) is 10.6 Å². The lowest BCUT2D eigenvalue weighted by molar-refractivity contribution is -0.116. The van der Waals surface area contributed by atoms with Crippen molar-refractivity contribution in [3.8, 4) is 0 Å². The number of benzene rings is 1. The zero-order valence-electron chi connectivity index (χ0n) is 10.0. The molecule has 0 atom stereocenters. The molecule has 0 fully saturated rings. The van der Waals surface area contributed by atoms with Crippen molar-refractivity contribution in [2.24, 2.45) is 5.73 Å². The van der Waals surface area contributed by atoms with E-state index in [1.54, 1.807) is 32.2 Å². The Labute approximate surface area is 100 Å². The van der Waals surface area contributed by atoms with Crippen LogP contribution in [0.5, 0.6) is 0 Å². The standard InChI is InChI=1S/C12H17N3O2/c1-8-3-4-9(7-10(8)12(13)17)15-11(16)5-6-14-2/h3-4,7,14H,5-6H2,1-2H3,(H2,13,17)(H,15,16). The van der Waals surface area contributed by atoms with Gasteiger partial charge < -0.3 is 16.4 Å². The van der Waals surface area contributed by atoms with Crippen molar-refractivity contribution in [2.75, 3.05) is 18.9 Å². The Morgan fingerprint density at radius 2 is 2.06 bits per heavy atom. The number of carbonyl (C=O) groups is 2. The number of nitrogens with one attached hydrogen (secondary N) is 2. The first-order chi connectivity index (χ1) is 8.04. The second-order valence-corrected chi connectivity index (χ2v) is 3.80. The summed E-state index contributed by atoms with van der Waals surface area (Å²) in [5, 5.41) is 5.60. The van der Waals surface area contributed by atoms with Crippen molar-refractivity contribution in [3.63, 3.8) is 0 Å². The van der Waals surface area contributed by atoms with Crippen molar-refractivity contribution in [1.82, 2.24) is 5.32 Å². The van der Waals surface area contributed by atoms with Gasteiger partial charge in [-0.1, -0.05) is 6.07 Å². The Bertz CT molecular complexity index is 430. The highest BCUT2D eigenvalue weighted by molar-refractivity contribution is 5.97. The minimum absolute atomic E-state index is 0.0985. The van der Waals surface area contributed by atoms with Crippen LogP contribution in [-0.2, 0) is 4.79 Å². The second kappa shape index (κ2) is 6.00. The number of primary amides is 1. The number of aryl methyl sites for hydroxylation is 1. The molecule has 0 aromatic heterocycles. The molecular formula is C12H17N3O2. The number of amides is 2. The van der Waals surface area contributed by atoms with E-state index in [4.69, 9.17) is 5.73 Å². The minimum Gasteiger partial charge on any atom is -0.366 e. The zero-order valence-corrected chi connectivity index (χ0v) is 10.0. The molecule has 0 heterocycles. The van der Waals surface area contributed by atoms with Gasteiger partial charge in [-0.05, 0) is 31.7 Å². The molecule has 1 aromatic carbocycles. The van der Waals surface area contributed by atoms with Gasteiger partial charge in [0.1, 0.15) is 0 Å². The largest absolute Gasteiger partial charge is 0.366 e. The molecule has 5 nitrogen and oxygen atoms in total. The lowest BCUT2D eigenvalue weighted by Crippen LogP contribution is -2.19. The van der Waals surface area contributed by atoms with Gasteiger partial charge in [0.15, 0.2) is 0 Å². The van der Waals surface area contributed by atoms with Crippen LogP contribution >= 0.6 is 0 Å². The molecule has 2 amide bonds. The predicted molar refractivity (Wildman–Crippen MR) is 66.9 cm³/mol. The molecule has 0 spiro atoms. The summed E-state index contributed by atoms with van der Waals surface area (Å²) in [7, 11) is 1.78. The molecular weight excluding hydrogens is 218 g/mol. The van der Waals surface area contributed by atoms with E-state index in [1.165, 1.54) is 0 Å². The lowest BCUT2D eigenvalue weighted by atomic mass is 10.1. The number of carbonyl (C=O) groups excluding carboxylic acids is 2. The van der Waals surface area contributed by atoms with Gasteiger partial charge in [0.05, 0.1) is 0 Å². The molecule has 0 saturated carbocycles. The number of rotatable bonds is 5. The summed E-state index contributed by atoms with van der Waals surface area (Å²) < 4.78 is 0. The molecule has 0 radical (unpaired) electrons. The minimum atomic E-state index is -0.492. The van der Waals surface area contributed by atoms with Crippen molar-refractivity contribution in [2.45, 2.75) is 13.3 Å². The maximum Gasteiger partial charge on any atom is 0.249 e. The fourth-order valence-corrected chi connectivity index (χ4v) is 1.43. The van der Waals surface area contributed by atoms with Gasteiger partial charge in [-0.25, -0.2) is 0 Å². The number of hydrogen-bond donors (Lipinski definition) is 3. The Kier molecular flexibility index (Phi) is 4.66. The van der Waals surface area contributed by atoms with E-state index in [-0.39, 0.29) is 5.91 Å². The summed E-state index contributed by atoms with van der Waals surface area (Å²) in [6.45, 7) is 2.41. The first-order valence-corrected chi connectivity index (χ1v) is 5.39. The Morgan fingerprint density at radius 1 is 1.35 bits per heavy atom. The number of hydrogen-bond acceptors (Lipinski definition) is 3. The van der Waals surface area contributed by atoms with Crippen LogP contribution in [0.3, 0.4) is 0 Å². The van der Waals surface area contributed by atoms with E-state index in [9.17, 15) is 9.59 Å². The fourth-order valence-electron chi connectivity index (χ4n) is 1.43. The molecule has 4 N–H and O–H groups in total. The van der Waals surface area contributed by atoms with E-state index in [1.807, 2.05) is 0 Å². The third-order valence-corrected chi connectivity index (χ3v) is 2.39. The second-order valence-electron chi connectivity index (χ2n) is 3.80. The molecule has 0 saturated heterocycles. The van der Waals surface area contributed by atoms with Gasteiger partial charge in [0.25, 0.3) is 0 Å². The van der Waals surface area contributed by atoms with Crippen LogP contribution in [-0.4, -0.2) is 25.4 Å². The average molecular weight is 235 g/mol.